The molecule has 0 aliphatic heterocycles. The predicted octanol–water partition coefficient (Wildman–Crippen LogP) is 2.88. The fraction of sp³-hybridized carbons (Fsp3) is 0.217. The molecule has 0 bridgehead atoms. The van der Waals surface area contributed by atoms with Crippen molar-refractivity contribution in [2.75, 3.05) is 38.2 Å². The van der Waals surface area contributed by atoms with Crippen LogP contribution in [-0.4, -0.2) is 59.0 Å². The third-order valence-corrected chi connectivity index (χ3v) is 6.34. The maximum atomic E-state index is 13.0. The van der Waals surface area contributed by atoms with Gasteiger partial charge in [-0.15, -0.1) is 13.2 Å². The Morgan fingerprint density at radius 1 is 1.00 bits per heavy atom. The van der Waals surface area contributed by atoms with E-state index >= 15 is 0 Å². The van der Waals surface area contributed by atoms with Crippen LogP contribution in [0.2, 0.25) is 0 Å². The molecular weight excluding hydrogens is 432 g/mol. The highest BCUT2D eigenvalue weighted by Crippen LogP contribution is 2.30. The first-order chi connectivity index (χ1) is 15.3. The number of amides is 1. The van der Waals surface area contributed by atoms with E-state index in [4.69, 9.17) is 9.47 Å². The van der Waals surface area contributed by atoms with Crippen LogP contribution in [0.5, 0.6) is 5.75 Å². The van der Waals surface area contributed by atoms with Crippen LogP contribution in [0.1, 0.15) is 10.4 Å². The van der Waals surface area contributed by atoms with Crippen LogP contribution in [0.4, 0.5) is 5.69 Å². The lowest BCUT2D eigenvalue weighted by Crippen LogP contribution is -2.35. The minimum absolute atomic E-state index is 0.0123. The van der Waals surface area contributed by atoms with E-state index < -0.39 is 28.5 Å². The summed E-state index contributed by atoms with van der Waals surface area (Å²) in [6, 6.07) is 12.0. The number of nitrogens with zero attached hydrogens (tertiary/aromatic N) is 2. The van der Waals surface area contributed by atoms with Crippen LogP contribution in [-0.2, 0) is 19.6 Å². The van der Waals surface area contributed by atoms with Gasteiger partial charge in [-0.1, -0.05) is 24.3 Å². The van der Waals surface area contributed by atoms with Gasteiger partial charge in [0.15, 0.2) is 6.61 Å². The van der Waals surface area contributed by atoms with Gasteiger partial charge in [0.05, 0.1) is 23.3 Å². The minimum Gasteiger partial charge on any atom is -0.495 e. The third kappa shape index (κ3) is 5.76. The monoisotopic (exact) mass is 458 g/mol. The van der Waals surface area contributed by atoms with Gasteiger partial charge in [0, 0.05) is 20.1 Å². The van der Waals surface area contributed by atoms with Gasteiger partial charge in [-0.3, -0.25) is 9.10 Å². The zero-order chi connectivity index (χ0) is 23.7. The van der Waals surface area contributed by atoms with Crippen molar-refractivity contribution in [3.63, 3.8) is 0 Å². The number of benzene rings is 2. The molecule has 0 unspecified atom stereocenters. The molecule has 32 heavy (non-hydrogen) atoms. The van der Waals surface area contributed by atoms with Gasteiger partial charge in [0.2, 0.25) is 0 Å². The lowest BCUT2D eigenvalue weighted by Gasteiger charge is -2.21. The number of hydrogen-bond acceptors (Lipinski definition) is 6. The average Bonchev–Trinajstić information content (AvgIpc) is 2.81. The Kier molecular flexibility index (Phi) is 8.60. The molecular formula is C23H26N2O6S. The molecule has 8 nitrogen and oxygen atoms in total. The Morgan fingerprint density at radius 2 is 1.59 bits per heavy atom. The zero-order valence-electron chi connectivity index (χ0n) is 18.1. The van der Waals surface area contributed by atoms with E-state index in [0.717, 1.165) is 4.31 Å². The number of sulfonamides is 1. The largest absolute Gasteiger partial charge is 0.495 e. The van der Waals surface area contributed by atoms with Crippen LogP contribution in [0.3, 0.4) is 0 Å². The second-order valence-corrected chi connectivity index (χ2v) is 8.59. The van der Waals surface area contributed by atoms with E-state index in [1.54, 1.807) is 36.4 Å². The molecule has 0 fully saturated rings. The summed E-state index contributed by atoms with van der Waals surface area (Å²) in [5.74, 6) is -0.723. The molecule has 170 valence electrons. The van der Waals surface area contributed by atoms with Gasteiger partial charge in [-0.2, -0.15) is 0 Å². The molecule has 0 radical (unpaired) electrons. The molecule has 0 saturated carbocycles. The Labute approximate surface area is 188 Å². The summed E-state index contributed by atoms with van der Waals surface area (Å²) < 4.78 is 37.4. The molecule has 0 aliphatic rings. The molecule has 0 aliphatic carbocycles. The summed E-state index contributed by atoms with van der Waals surface area (Å²) in [6.07, 6.45) is 3.12. The number of esters is 1. The first-order valence-corrected chi connectivity index (χ1v) is 11.1. The van der Waals surface area contributed by atoms with Crippen molar-refractivity contribution < 1.29 is 27.5 Å². The predicted molar refractivity (Wildman–Crippen MR) is 122 cm³/mol. The van der Waals surface area contributed by atoms with Gasteiger partial charge in [0.25, 0.3) is 15.9 Å². The van der Waals surface area contributed by atoms with Crippen molar-refractivity contribution in [2.24, 2.45) is 0 Å². The van der Waals surface area contributed by atoms with Gasteiger partial charge in [-0.05, 0) is 36.4 Å². The lowest BCUT2D eigenvalue weighted by molar-refractivity contribution is -0.133. The lowest BCUT2D eigenvalue weighted by atomic mass is 10.2. The first-order valence-electron chi connectivity index (χ1n) is 9.65. The normalized spacial score (nSPS) is 10.7. The number of hydrogen-bond donors (Lipinski definition) is 0. The van der Waals surface area contributed by atoms with E-state index in [9.17, 15) is 18.0 Å². The first kappa shape index (κ1) is 24.7. The van der Waals surface area contributed by atoms with Crippen LogP contribution in [0.25, 0.3) is 0 Å². The van der Waals surface area contributed by atoms with E-state index in [1.165, 1.54) is 43.3 Å². The summed E-state index contributed by atoms with van der Waals surface area (Å²) in [5.41, 5.74) is 0.497. The van der Waals surface area contributed by atoms with E-state index in [-0.39, 0.29) is 10.5 Å². The highest BCUT2D eigenvalue weighted by atomic mass is 32.2. The van der Waals surface area contributed by atoms with Gasteiger partial charge in [-0.25, -0.2) is 13.2 Å². The second kappa shape index (κ2) is 11.1. The molecule has 0 saturated heterocycles. The molecule has 9 heteroatoms. The maximum absolute atomic E-state index is 13.0. The molecule has 1 amide bonds. The van der Waals surface area contributed by atoms with Crippen molar-refractivity contribution in [1.29, 1.82) is 0 Å². The van der Waals surface area contributed by atoms with Crippen LogP contribution in [0, 0.1) is 0 Å². The van der Waals surface area contributed by atoms with Crippen molar-refractivity contribution in [2.45, 2.75) is 4.90 Å². The Balaban J connectivity index is 2.11. The number of ether oxygens (including phenoxy) is 2. The zero-order valence-corrected chi connectivity index (χ0v) is 18.9. The average molecular weight is 459 g/mol. The van der Waals surface area contributed by atoms with Gasteiger partial charge in [0.1, 0.15) is 5.75 Å². The summed E-state index contributed by atoms with van der Waals surface area (Å²) in [5, 5.41) is 0. The van der Waals surface area contributed by atoms with Crippen molar-refractivity contribution in [1.82, 2.24) is 4.90 Å². The van der Waals surface area contributed by atoms with E-state index in [1.807, 2.05) is 0 Å². The summed E-state index contributed by atoms with van der Waals surface area (Å²) >= 11 is 0. The number of anilines is 1. The van der Waals surface area contributed by atoms with Crippen molar-refractivity contribution in [3.8, 4) is 5.75 Å². The Hall–Kier alpha value is -3.59. The molecule has 0 N–H and O–H groups in total. The highest BCUT2D eigenvalue weighted by molar-refractivity contribution is 7.92. The van der Waals surface area contributed by atoms with Crippen LogP contribution >= 0.6 is 0 Å². The smallest absolute Gasteiger partial charge is 0.338 e. The molecule has 2 aromatic rings. The van der Waals surface area contributed by atoms with Gasteiger partial charge < -0.3 is 14.4 Å². The van der Waals surface area contributed by atoms with Crippen molar-refractivity contribution >= 4 is 27.6 Å². The van der Waals surface area contributed by atoms with Gasteiger partial charge >= 0.3 is 5.97 Å². The molecule has 2 rings (SSSR count). The standard InChI is InChI=1S/C23H26N2O6S/c1-5-15-25(16-6-2)22(26)17-31-23(27)18-11-13-19(14-12-18)32(28,29)24(3)20-9-7-8-10-21(20)30-4/h5-14H,1-2,15-17H2,3-4H3. The number of para-hydroxylation sites is 2. The maximum Gasteiger partial charge on any atom is 0.338 e. The number of carbonyl (C=O) groups is 2. The summed E-state index contributed by atoms with van der Waals surface area (Å²) in [7, 11) is -1.02. The fourth-order valence-corrected chi connectivity index (χ4v) is 4.04. The van der Waals surface area contributed by atoms with E-state index in [2.05, 4.69) is 13.2 Å². The number of rotatable bonds is 11. The molecule has 2 aromatic carbocycles. The highest BCUT2D eigenvalue weighted by Gasteiger charge is 2.24. The van der Waals surface area contributed by atoms with E-state index in [0.29, 0.717) is 24.5 Å². The topological polar surface area (TPSA) is 93.2 Å². The second-order valence-electron chi connectivity index (χ2n) is 6.62. The Morgan fingerprint density at radius 3 is 2.16 bits per heavy atom. The van der Waals surface area contributed by atoms with Crippen molar-refractivity contribution in [3.05, 3.63) is 79.4 Å². The summed E-state index contributed by atoms with van der Waals surface area (Å²) in [6.45, 7) is 7.32. The SMILES string of the molecule is C=CCN(CC=C)C(=O)COC(=O)c1ccc(S(=O)(=O)N(C)c2ccccc2OC)cc1. The quantitative estimate of drug-likeness (QED) is 0.380. The van der Waals surface area contributed by atoms with Crippen LogP contribution in [0.15, 0.2) is 78.7 Å². The summed E-state index contributed by atoms with van der Waals surface area (Å²) in [4.78, 5) is 25.9. The minimum atomic E-state index is -3.90. The molecule has 0 heterocycles. The fourth-order valence-electron chi connectivity index (χ4n) is 2.83. The molecule has 0 atom stereocenters. The molecule has 0 aromatic heterocycles. The third-order valence-electron chi connectivity index (χ3n) is 4.55. The Bertz CT molecular complexity index is 1070. The number of carbonyl (C=O) groups excluding carboxylic acids is 2. The number of methoxy groups -OCH3 is 1. The molecule has 0 spiro atoms. The van der Waals surface area contributed by atoms with Crippen LogP contribution < -0.4 is 9.04 Å².